The summed E-state index contributed by atoms with van der Waals surface area (Å²) in [6.45, 7) is 4.36. The molecule has 2 saturated heterocycles. The van der Waals surface area contributed by atoms with Crippen LogP contribution in [0.25, 0.3) is 0 Å². The second kappa shape index (κ2) is 4.59. The van der Waals surface area contributed by atoms with E-state index in [1.807, 2.05) is 0 Å². The maximum absolute atomic E-state index is 12.5. The fourth-order valence-electron chi connectivity index (χ4n) is 2.68. The molecule has 100 valence electrons. The average molecular weight is 253 g/mol. The smallest absolute Gasteiger partial charge is 0.269 e. The van der Waals surface area contributed by atoms with Crippen LogP contribution in [0.5, 0.6) is 0 Å². The predicted octanol–water partition coefficient (Wildman–Crippen LogP) is -0.307. The lowest BCUT2D eigenvalue weighted by molar-refractivity contribution is -0.151. The first-order valence-corrected chi connectivity index (χ1v) is 6.34. The molecule has 1 atom stereocenters. The summed E-state index contributed by atoms with van der Waals surface area (Å²) in [6, 6.07) is 0. The van der Waals surface area contributed by atoms with Crippen molar-refractivity contribution in [3.05, 3.63) is 0 Å². The summed E-state index contributed by atoms with van der Waals surface area (Å²) in [5.74, 6) is -0.720. The highest BCUT2D eigenvalue weighted by Crippen LogP contribution is 2.22. The van der Waals surface area contributed by atoms with E-state index in [4.69, 9.17) is 0 Å². The maximum atomic E-state index is 12.5. The number of carbonyl (C=O) groups excluding carboxylic acids is 3. The van der Waals surface area contributed by atoms with Crippen molar-refractivity contribution in [3.63, 3.8) is 0 Å². The van der Waals surface area contributed by atoms with Crippen LogP contribution in [0.15, 0.2) is 0 Å². The van der Waals surface area contributed by atoms with Gasteiger partial charge in [0, 0.05) is 20.0 Å². The van der Waals surface area contributed by atoms with E-state index in [-0.39, 0.29) is 24.3 Å². The van der Waals surface area contributed by atoms with Gasteiger partial charge in [-0.1, -0.05) is 0 Å². The molecule has 0 saturated carbocycles. The molecular formula is C12H19N3O3. The van der Waals surface area contributed by atoms with Gasteiger partial charge in [-0.2, -0.15) is 0 Å². The number of nitrogens with one attached hydrogen (secondary N) is 1. The van der Waals surface area contributed by atoms with Gasteiger partial charge in [-0.05, 0) is 26.2 Å². The molecule has 2 rings (SSSR count). The van der Waals surface area contributed by atoms with Crippen molar-refractivity contribution >= 4 is 17.7 Å². The molecule has 2 heterocycles. The minimum Gasteiger partial charge on any atom is -0.339 e. The van der Waals surface area contributed by atoms with Crippen molar-refractivity contribution in [3.8, 4) is 0 Å². The van der Waals surface area contributed by atoms with Gasteiger partial charge < -0.3 is 15.1 Å². The third-order valence-electron chi connectivity index (χ3n) is 3.66. The first-order valence-electron chi connectivity index (χ1n) is 6.34. The van der Waals surface area contributed by atoms with Gasteiger partial charge in [-0.25, -0.2) is 0 Å². The van der Waals surface area contributed by atoms with E-state index in [1.165, 1.54) is 11.8 Å². The van der Waals surface area contributed by atoms with Crippen LogP contribution in [0, 0.1) is 0 Å². The highest BCUT2D eigenvalue weighted by atomic mass is 16.2. The van der Waals surface area contributed by atoms with Gasteiger partial charge in [0.1, 0.15) is 6.54 Å². The van der Waals surface area contributed by atoms with E-state index in [0.29, 0.717) is 13.1 Å². The number of hydrogen-bond acceptors (Lipinski definition) is 3. The number of nitrogens with zero attached hydrogens (tertiary/aromatic N) is 2. The van der Waals surface area contributed by atoms with Gasteiger partial charge in [0.25, 0.3) is 5.91 Å². The van der Waals surface area contributed by atoms with Crippen LogP contribution in [0.3, 0.4) is 0 Å². The number of carbonyl (C=O) groups is 3. The molecule has 6 nitrogen and oxygen atoms in total. The molecule has 0 aromatic rings. The van der Waals surface area contributed by atoms with E-state index in [0.717, 1.165) is 19.3 Å². The molecule has 0 aromatic heterocycles. The second-order valence-corrected chi connectivity index (χ2v) is 5.08. The molecule has 0 radical (unpaired) electrons. The summed E-state index contributed by atoms with van der Waals surface area (Å²) < 4.78 is 0. The van der Waals surface area contributed by atoms with Gasteiger partial charge >= 0.3 is 0 Å². The molecule has 2 aliphatic rings. The Kier molecular flexibility index (Phi) is 3.28. The Morgan fingerprint density at radius 1 is 1.22 bits per heavy atom. The lowest BCUT2D eigenvalue weighted by Crippen LogP contribution is -2.62. The zero-order chi connectivity index (χ0) is 13.3. The largest absolute Gasteiger partial charge is 0.339 e. The normalized spacial score (nSPS) is 28.2. The second-order valence-electron chi connectivity index (χ2n) is 5.08. The fourth-order valence-corrected chi connectivity index (χ4v) is 2.68. The van der Waals surface area contributed by atoms with Gasteiger partial charge in [0.15, 0.2) is 5.66 Å². The van der Waals surface area contributed by atoms with Crippen molar-refractivity contribution in [2.75, 3.05) is 19.6 Å². The Labute approximate surface area is 106 Å². The van der Waals surface area contributed by atoms with E-state index in [1.54, 1.807) is 11.8 Å². The van der Waals surface area contributed by atoms with Gasteiger partial charge in [-0.3, -0.25) is 14.4 Å². The summed E-state index contributed by atoms with van der Waals surface area (Å²) in [6.07, 6.45) is 3.09. The van der Waals surface area contributed by atoms with E-state index >= 15 is 0 Å². The van der Waals surface area contributed by atoms with Crippen LogP contribution in [-0.4, -0.2) is 52.8 Å². The molecule has 6 heteroatoms. The molecule has 0 aliphatic carbocycles. The van der Waals surface area contributed by atoms with Crippen LogP contribution >= 0.6 is 0 Å². The van der Waals surface area contributed by atoms with Crippen LogP contribution in [0.4, 0.5) is 0 Å². The van der Waals surface area contributed by atoms with Gasteiger partial charge in [0.05, 0.1) is 0 Å². The van der Waals surface area contributed by atoms with E-state index in [9.17, 15) is 14.4 Å². The third kappa shape index (κ3) is 2.07. The number of hydrogen-bond donors (Lipinski definition) is 1. The molecule has 0 aromatic carbocycles. The number of amides is 3. The molecule has 1 unspecified atom stereocenters. The average Bonchev–Trinajstić information content (AvgIpc) is 2.66. The van der Waals surface area contributed by atoms with Crippen LogP contribution in [-0.2, 0) is 14.4 Å². The minimum atomic E-state index is -1.21. The Morgan fingerprint density at radius 2 is 1.83 bits per heavy atom. The molecule has 0 bridgehead atoms. The van der Waals surface area contributed by atoms with Crippen molar-refractivity contribution < 1.29 is 14.4 Å². The Bertz CT molecular complexity index is 390. The quantitative estimate of drug-likeness (QED) is 0.697. The predicted molar refractivity (Wildman–Crippen MR) is 64.4 cm³/mol. The van der Waals surface area contributed by atoms with Gasteiger partial charge in [-0.15, -0.1) is 0 Å². The third-order valence-corrected chi connectivity index (χ3v) is 3.66. The standard InChI is InChI=1S/C12H19N3O3/c1-9(16)15-8-10(17)13-12(15,2)11(18)14-6-4-3-5-7-14/h3-8H2,1-2H3,(H,13,17). The number of rotatable bonds is 1. The zero-order valence-electron chi connectivity index (χ0n) is 10.9. The molecule has 3 amide bonds. The summed E-state index contributed by atoms with van der Waals surface area (Å²) in [5.41, 5.74) is -1.21. The van der Waals surface area contributed by atoms with E-state index in [2.05, 4.69) is 5.32 Å². The first-order chi connectivity index (χ1) is 8.45. The zero-order valence-corrected chi connectivity index (χ0v) is 10.9. The fraction of sp³-hybridized carbons (Fsp3) is 0.750. The SMILES string of the molecule is CC(=O)N1CC(=O)NC1(C)C(=O)N1CCCCC1. The van der Waals surface area contributed by atoms with Crippen molar-refractivity contribution in [2.45, 2.75) is 38.8 Å². The Morgan fingerprint density at radius 3 is 2.39 bits per heavy atom. The molecular weight excluding hydrogens is 234 g/mol. The molecule has 2 aliphatic heterocycles. The van der Waals surface area contributed by atoms with Crippen LogP contribution in [0.2, 0.25) is 0 Å². The summed E-state index contributed by atoms with van der Waals surface area (Å²) in [5, 5.41) is 2.63. The van der Waals surface area contributed by atoms with Crippen molar-refractivity contribution in [2.24, 2.45) is 0 Å². The Hall–Kier alpha value is -1.59. The molecule has 1 N–H and O–H groups in total. The number of likely N-dealkylation sites (tertiary alicyclic amines) is 1. The molecule has 18 heavy (non-hydrogen) atoms. The summed E-state index contributed by atoms with van der Waals surface area (Å²) in [7, 11) is 0. The Balaban J connectivity index is 2.20. The maximum Gasteiger partial charge on any atom is 0.269 e. The highest BCUT2D eigenvalue weighted by Gasteiger charge is 2.50. The van der Waals surface area contributed by atoms with Crippen LogP contribution < -0.4 is 5.32 Å². The van der Waals surface area contributed by atoms with Gasteiger partial charge in [0.2, 0.25) is 11.8 Å². The number of piperidine rings is 1. The lowest BCUT2D eigenvalue weighted by atomic mass is 10.1. The summed E-state index contributed by atoms with van der Waals surface area (Å²) >= 11 is 0. The van der Waals surface area contributed by atoms with Crippen molar-refractivity contribution in [1.82, 2.24) is 15.1 Å². The summed E-state index contributed by atoms with van der Waals surface area (Å²) in [4.78, 5) is 38.6. The minimum absolute atomic E-state index is 0.0363. The lowest BCUT2D eigenvalue weighted by Gasteiger charge is -2.38. The van der Waals surface area contributed by atoms with E-state index < -0.39 is 5.66 Å². The monoisotopic (exact) mass is 253 g/mol. The highest BCUT2D eigenvalue weighted by molar-refractivity contribution is 5.99. The molecule has 0 spiro atoms. The van der Waals surface area contributed by atoms with Crippen LogP contribution in [0.1, 0.15) is 33.1 Å². The molecule has 2 fully saturated rings. The topological polar surface area (TPSA) is 69.7 Å². The van der Waals surface area contributed by atoms with Crippen molar-refractivity contribution in [1.29, 1.82) is 0 Å². The first kappa shape index (κ1) is 12.9.